The standard InChI is InChI=1S/C21H25ClN4O5S/c22-14-32(29,30)26-11-9-17(10-12-26)31-21(28)24-13-15-5-7-16(8-6-15)20(27)25-19-4-2-1-3-18(19)23/h1-8,17H,9-14,23H2,(H,24,28)(H,25,27). The van der Waals surface area contributed by atoms with Crippen molar-refractivity contribution >= 4 is 45.0 Å². The van der Waals surface area contributed by atoms with E-state index in [2.05, 4.69) is 10.6 Å². The fourth-order valence-corrected chi connectivity index (χ4v) is 4.56. The highest BCUT2D eigenvalue weighted by molar-refractivity contribution is 7.90. The maximum Gasteiger partial charge on any atom is 0.407 e. The summed E-state index contributed by atoms with van der Waals surface area (Å²) in [6.07, 6.45) is -0.100. The Morgan fingerprint density at radius 3 is 2.38 bits per heavy atom. The quantitative estimate of drug-likeness (QED) is 0.412. The number of sulfonamides is 1. The molecule has 2 aromatic carbocycles. The molecule has 1 aliphatic heterocycles. The van der Waals surface area contributed by atoms with Crippen molar-refractivity contribution in [2.45, 2.75) is 25.5 Å². The number of carbonyl (C=O) groups is 2. The van der Waals surface area contributed by atoms with Crippen molar-refractivity contribution < 1.29 is 22.7 Å². The fourth-order valence-electron chi connectivity index (χ4n) is 3.24. The second kappa shape index (κ2) is 10.7. The highest BCUT2D eigenvalue weighted by atomic mass is 35.5. The van der Waals surface area contributed by atoms with E-state index in [0.717, 1.165) is 5.56 Å². The second-order valence-electron chi connectivity index (χ2n) is 7.32. The predicted octanol–water partition coefficient (Wildman–Crippen LogP) is 2.74. The zero-order valence-electron chi connectivity index (χ0n) is 17.3. The van der Waals surface area contributed by atoms with E-state index < -0.39 is 21.3 Å². The number of halogens is 1. The van der Waals surface area contributed by atoms with Gasteiger partial charge in [-0.1, -0.05) is 24.3 Å². The summed E-state index contributed by atoms with van der Waals surface area (Å²) >= 11 is 5.46. The Balaban J connectivity index is 1.44. The van der Waals surface area contributed by atoms with Crippen molar-refractivity contribution in [3.8, 4) is 0 Å². The van der Waals surface area contributed by atoms with E-state index in [1.165, 1.54) is 4.31 Å². The zero-order valence-corrected chi connectivity index (χ0v) is 18.9. The Morgan fingerprint density at radius 1 is 1.09 bits per heavy atom. The first-order valence-corrected chi connectivity index (χ1v) is 12.2. The van der Waals surface area contributed by atoms with E-state index >= 15 is 0 Å². The predicted molar refractivity (Wildman–Crippen MR) is 123 cm³/mol. The molecule has 1 saturated heterocycles. The van der Waals surface area contributed by atoms with E-state index in [0.29, 0.717) is 29.8 Å². The summed E-state index contributed by atoms with van der Waals surface area (Å²) in [5, 5.41) is 4.96. The van der Waals surface area contributed by atoms with Gasteiger partial charge >= 0.3 is 6.09 Å². The summed E-state index contributed by atoms with van der Waals surface area (Å²) in [6, 6.07) is 13.8. The van der Waals surface area contributed by atoms with Gasteiger partial charge in [0, 0.05) is 25.2 Å². The van der Waals surface area contributed by atoms with E-state index in [1.54, 1.807) is 48.5 Å². The highest BCUT2D eigenvalue weighted by Gasteiger charge is 2.29. The van der Waals surface area contributed by atoms with E-state index in [1.807, 2.05) is 0 Å². The van der Waals surface area contributed by atoms with Gasteiger partial charge in [0.2, 0.25) is 10.0 Å². The lowest BCUT2D eigenvalue weighted by Crippen LogP contribution is -2.42. The number of ether oxygens (including phenoxy) is 1. The third kappa shape index (κ3) is 6.35. The van der Waals surface area contributed by atoms with Gasteiger partial charge in [-0.3, -0.25) is 4.79 Å². The number of alkyl carbamates (subject to hydrolysis) is 1. The van der Waals surface area contributed by atoms with Gasteiger partial charge < -0.3 is 21.1 Å². The SMILES string of the molecule is Nc1ccccc1NC(=O)c1ccc(CNC(=O)OC2CCN(S(=O)(=O)CCl)CC2)cc1. The van der Waals surface area contributed by atoms with Gasteiger partial charge in [0.15, 0.2) is 0 Å². The molecule has 0 bridgehead atoms. The molecule has 9 nitrogen and oxygen atoms in total. The minimum atomic E-state index is -3.44. The monoisotopic (exact) mass is 480 g/mol. The molecule has 4 N–H and O–H groups in total. The van der Waals surface area contributed by atoms with Crippen LogP contribution in [0.1, 0.15) is 28.8 Å². The number of rotatable bonds is 7. The number of amides is 2. The summed E-state index contributed by atoms with van der Waals surface area (Å²) in [7, 11) is -3.44. The molecule has 0 atom stereocenters. The number of benzene rings is 2. The van der Waals surface area contributed by atoms with Crippen LogP contribution in [0.25, 0.3) is 0 Å². The van der Waals surface area contributed by atoms with Crippen LogP contribution in [0, 0.1) is 0 Å². The lowest BCUT2D eigenvalue weighted by molar-refractivity contribution is 0.0670. The van der Waals surface area contributed by atoms with Crippen LogP contribution in [-0.2, 0) is 21.3 Å². The second-order valence-corrected chi connectivity index (χ2v) is 9.87. The molecule has 172 valence electrons. The van der Waals surface area contributed by atoms with Crippen molar-refractivity contribution in [1.82, 2.24) is 9.62 Å². The number of carbonyl (C=O) groups excluding carboxylic acids is 2. The van der Waals surface area contributed by atoms with Crippen molar-refractivity contribution in [2.24, 2.45) is 0 Å². The van der Waals surface area contributed by atoms with Gasteiger partial charge in [-0.15, -0.1) is 11.6 Å². The molecule has 1 fully saturated rings. The summed E-state index contributed by atoms with van der Waals surface area (Å²) in [6.45, 7) is 0.766. The van der Waals surface area contributed by atoms with Crippen LogP contribution >= 0.6 is 11.6 Å². The van der Waals surface area contributed by atoms with Crippen LogP contribution in [0.3, 0.4) is 0 Å². The molecule has 1 aliphatic rings. The van der Waals surface area contributed by atoms with Crippen LogP contribution in [0.2, 0.25) is 0 Å². The Morgan fingerprint density at radius 2 is 1.75 bits per heavy atom. The van der Waals surface area contributed by atoms with Crippen LogP contribution in [0.4, 0.5) is 16.2 Å². The minimum absolute atomic E-state index is 0.228. The number of hydrogen-bond acceptors (Lipinski definition) is 6. The van der Waals surface area contributed by atoms with E-state index in [9.17, 15) is 18.0 Å². The largest absolute Gasteiger partial charge is 0.446 e. The molecule has 11 heteroatoms. The average molecular weight is 481 g/mol. The first kappa shape index (κ1) is 23.8. The highest BCUT2D eigenvalue weighted by Crippen LogP contribution is 2.19. The third-order valence-electron chi connectivity index (χ3n) is 5.07. The maximum absolute atomic E-state index is 12.4. The smallest absolute Gasteiger partial charge is 0.407 e. The van der Waals surface area contributed by atoms with Gasteiger partial charge in [0.1, 0.15) is 11.3 Å². The molecule has 0 aromatic heterocycles. The number of nitrogen functional groups attached to an aromatic ring is 1. The first-order valence-electron chi connectivity index (χ1n) is 10.0. The maximum atomic E-state index is 12.4. The Bertz CT molecular complexity index is 1050. The van der Waals surface area contributed by atoms with Crippen molar-refractivity contribution in [1.29, 1.82) is 0 Å². The topological polar surface area (TPSA) is 131 Å². The number of para-hydroxylation sites is 2. The molecule has 1 heterocycles. The van der Waals surface area contributed by atoms with Gasteiger partial charge in [-0.05, 0) is 42.7 Å². The minimum Gasteiger partial charge on any atom is -0.446 e. The first-order chi connectivity index (χ1) is 15.3. The molecule has 0 saturated carbocycles. The van der Waals surface area contributed by atoms with Gasteiger partial charge in [0.05, 0.1) is 11.4 Å². The Hall–Kier alpha value is -2.82. The van der Waals surface area contributed by atoms with Crippen LogP contribution in [0.5, 0.6) is 0 Å². The van der Waals surface area contributed by atoms with Crippen molar-refractivity contribution in [3.63, 3.8) is 0 Å². The zero-order chi connectivity index (χ0) is 23.1. The number of piperidine rings is 1. The lowest BCUT2D eigenvalue weighted by atomic mass is 10.1. The number of nitrogens with two attached hydrogens (primary N) is 1. The summed E-state index contributed by atoms with van der Waals surface area (Å²) < 4.78 is 30.2. The Kier molecular flexibility index (Phi) is 7.94. The lowest BCUT2D eigenvalue weighted by Gasteiger charge is -2.30. The summed E-state index contributed by atoms with van der Waals surface area (Å²) in [5.41, 5.74) is 8.10. The molecular formula is C21H25ClN4O5S. The number of alkyl halides is 1. The van der Waals surface area contributed by atoms with Crippen LogP contribution < -0.4 is 16.4 Å². The molecule has 0 aliphatic carbocycles. The third-order valence-corrected chi connectivity index (χ3v) is 7.32. The molecular weight excluding hydrogens is 456 g/mol. The number of nitrogens with one attached hydrogen (secondary N) is 2. The number of anilines is 2. The van der Waals surface area contributed by atoms with Crippen molar-refractivity contribution in [2.75, 3.05) is 29.4 Å². The number of nitrogens with zero attached hydrogens (tertiary/aromatic N) is 1. The van der Waals surface area contributed by atoms with E-state index in [4.69, 9.17) is 22.1 Å². The molecule has 3 rings (SSSR count). The number of hydrogen-bond donors (Lipinski definition) is 3. The molecule has 0 radical (unpaired) electrons. The molecule has 0 spiro atoms. The fraction of sp³-hybridized carbons (Fsp3) is 0.333. The van der Waals surface area contributed by atoms with Gasteiger partial charge in [-0.2, -0.15) is 0 Å². The Labute approximate surface area is 191 Å². The normalized spacial score (nSPS) is 15.2. The summed E-state index contributed by atoms with van der Waals surface area (Å²) in [4.78, 5) is 24.4. The van der Waals surface area contributed by atoms with E-state index in [-0.39, 0.29) is 31.6 Å². The van der Waals surface area contributed by atoms with Crippen LogP contribution in [0.15, 0.2) is 48.5 Å². The van der Waals surface area contributed by atoms with Gasteiger partial charge in [0.25, 0.3) is 5.91 Å². The molecule has 32 heavy (non-hydrogen) atoms. The average Bonchev–Trinajstić information content (AvgIpc) is 2.80. The molecule has 0 unspecified atom stereocenters. The molecule has 2 aromatic rings. The van der Waals surface area contributed by atoms with Crippen LogP contribution in [-0.4, -0.2) is 49.1 Å². The molecule has 2 amide bonds. The van der Waals surface area contributed by atoms with Crippen molar-refractivity contribution in [3.05, 3.63) is 59.7 Å². The summed E-state index contributed by atoms with van der Waals surface area (Å²) in [5.74, 6) is -0.288. The van der Waals surface area contributed by atoms with Gasteiger partial charge in [-0.25, -0.2) is 17.5 Å².